The van der Waals surface area contributed by atoms with Crippen LogP contribution in [0.15, 0.2) is 42.5 Å². The SMILES string of the molecule is Oc1cc(O)cc(/C=C/c2ccc(OC(F)F)cc2)c1. The van der Waals surface area contributed by atoms with E-state index in [2.05, 4.69) is 4.74 Å². The summed E-state index contributed by atoms with van der Waals surface area (Å²) in [7, 11) is 0. The molecule has 2 aromatic rings. The Morgan fingerprint density at radius 2 is 1.40 bits per heavy atom. The molecule has 0 spiro atoms. The maximum absolute atomic E-state index is 12.0. The maximum Gasteiger partial charge on any atom is 0.387 e. The first-order chi connectivity index (χ1) is 9.52. The van der Waals surface area contributed by atoms with Crippen molar-refractivity contribution in [1.29, 1.82) is 0 Å². The standard InChI is InChI=1S/C15H12F2O3/c16-15(17)20-14-5-3-10(4-6-14)1-2-11-7-12(18)9-13(19)8-11/h1-9,15,18-19H/b2-1+. The van der Waals surface area contributed by atoms with Gasteiger partial charge in [0.15, 0.2) is 0 Å². The molecule has 2 N–H and O–H groups in total. The van der Waals surface area contributed by atoms with Crippen LogP contribution in [0.1, 0.15) is 11.1 Å². The average Bonchev–Trinajstić information content (AvgIpc) is 2.36. The van der Waals surface area contributed by atoms with Gasteiger partial charge >= 0.3 is 6.61 Å². The van der Waals surface area contributed by atoms with Gasteiger partial charge in [-0.05, 0) is 35.4 Å². The molecule has 2 aromatic carbocycles. The van der Waals surface area contributed by atoms with E-state index in [1.54, 1.807) is 24.3 Å². The fourth-order valence-corrected chi connectivity index (χ4v) is 1.67. The Morgan fingerprint density at radius 1 is 0.850 bits per heavy atom. The van der Waals surface area contributed by atoms with Crippen LogP contribution in [-0.4, -0.2) is 16.8 Å². The van der Waals surface area contributed by atoms with Crippen molar-refractivity contribution in [2.75, 3.05) is 0 Å². The Morgan fingerprint density at radius 3 is 1.95 bits per heavy atom. The van der Waals surface area contributed by atoms with Crippen molar-refractivity contribution in [1.82, 2.24) is 0 Å². The van der Waals surface area contributed by atoms with Crippen LogP contribution < -0.4 is 4.74 Å². The highest BCUT2D eigenvalue weighted by Gasteiger charge is 2.02. The van der Waals surface area contributed by atoms with E-state index in [1.807, 2.05) is 0 Å². The topological polar surface area (TPSA) is 49.7 Å². The van der Waals surface area contributed by atoms with Gasteiger partial charge in [0.1, 0.15) is 17.2 Å². The van der Waals surface area contributed by atoms with E-state index in [0.717, 1.165) is 5.56 Å². The van der Waals surface area contributed by atoms with Gasteiger partial charge in [0.25, 0.3) is 0 Å². The quantitative estimate of drug-likeness (QED) is 0.835. The third-order valence-corrected chi connectivity index (χ3v) is 2.50. The summed E-state index contributed by atoms with van der Waals surface area (Å²) in [5.41, 5.74) is 1.39. The van der Waals surface area contributed by atoms with Crippen LogP contribution in [0.2, 0.25) is 0 Å². The van der Waals surface area contributed by atoms with E-state index in [-0.39, 0.29) is 17.2 Å². The molecule has 104 valence electrons. The number of benzene rings is 2. The van der Waals surface area contributed by atoms with Crippen LogP contribution in [0.3, 0.4) is 0 Å². The average molecular weight is 278 g/mol. The van der Waals surface area contributed by atoms with Gasteiger partial charge in [-0.2, -0.15) is 8.78 Å². The largest absolute Gasteiger partial charge is 0.508 e. The Labute approximate surface area is 114 Å². The molecule has 0 radical (unpaired) electrons. The molecule has 2 rings (SSSR count). The third-order valence-electron chi connectivity index (χ3n) is 2.50. The van der Waals surface area contributed by atoms with Crippen LogP contribution in [0.25, 0.3) is 12.2 Å². The van der Waals surface area contributed by atoms with Crippen molar-refractivity contribution < 1.29 is 23.7 Å². The molecule has 0 aliphatic carbocycles. The molecule has 0 bridgehead atoms. The number of halogens is 2. The van der Waals surface area contributed by atoms with E-state index in [9.17, 15) is 19.0 Å². The minimum absolute atomic E-state index is 0.0367. The van der Waals surface area contributed by atoms with Crippen molar-refractivity contribution in [2.45, 2.75) is 6.61 Å². The predicted octanol–water partition coefficient (Wildman–Crippen LogP) is 3.87. The minimum Gasteiger partial charge on any atom is -0.508 e. The molecule has 0 aliphatic heterocycles. The summed E-state index contributed by atoms with van der Waals surface area (Å²) in [4.78, 5) is 0. The van der Waals surface area contributed by atoms with E-state index in [1.165, 1.54) is 30.3 Å². The number of hydrogen-bond acceptors (Lipinski definition) is 3. The fourth-order valence-electron chi connectivity index (χ4n) is 1.67. The normalized spacial score (nSPS) is 11.2. The first kappa shape index (κ1) is 13.9. The summed E-state index contributed by atoms with van der Waals surface area (Å²) < 4.78 is 28.2. The Hall–Kier alpha value is -2.56. The summed E-state index contributed by atoms with van der Waals surface area (Å²) >= 11 is 0. The molecule has 3 nitrogen and oxygen atoms in total. The van der Waals surface area contributed by atoms with Gasteiger partial charge in [-0.15, -0.1) is 0 Å². The predicted molar refractivity (Wildman–Crippen MR) is 71.8 cm³/mol. The summed E-state index contributed by atoms with van der Waals surface area (Å²) in [5.74, 6) is 0.0165. The lowest BCUT2D eigenvalue weighted by atomic mass is 10.1. The van der Waals surface area contributed by atoms with Crippen LogP contribution >= 0.6 is 0 Å². The number of hydrogen-bond donors (Lipinski definition) is 2. The zero-order valence-electron chi connectivity index (χ0n) is 10.3. The number of alkyl halides is 2. The highest BCUT2D eigenvalue weighted by molar-refractivity contribution is 5.71. The molecular formula is C15H12F2O3. The molecule has 5 heteroatoms. The van der Waals surface area contributed by atoms with Crippen molar-refractivity contribution in [3.63, 3.8) is 0 Å². The monoisotopic (exact) mass is 278 g/mol. The highest BCUT2D eigenvalue weighted by atomic mass is 19.3. The van der Waals surface area contributed by atoms with E-state index in [0.29, 0.717) is 5.56 Å². The summed E-state index contributed by atoms with van der Waals surface area (Å²) in [5, 5.41) is 18.7. The van der Waals surface area contributed by atoms with Gasteiger partial charge in [-0.1, -0.05) is 24.3 Å². The first-order valence-electron chi connectivity index (χ1n) is 5.79. The zero-order chi connectivity index (χ0) is 14.5. The Balaban J connectivity index is 2.11. The van der Waals surface area contributed by atoms with Gasteiger partial charge in [0, 0.05) is 6.07 Å². The van der Waals surface area contributed by atoms with Crippen LogP contribution in [-0.2, 0) is 0 Å². The maximum atomic E-state index is 12.0. The molecule has 0 unspecified atom stereocenters. The number of rotatable bonds is 4. The number of phenols is 2. The fraction of sp³-hybridized carbons (Fsp3) is 0.0667. The Bertz CT molecular complexity index is 587. The van der Waals surface area contributed by atoms with Crippen LogP contribution in [0, 0.1) is 0 Å². The molecule has 0 fully saturated rings. The van der Waals surface area contributed by atoms with E-state index in [4.69, 9.17) is 0 Å². The van der Waals surface area contributed by atoms with Crippen molar-refractivity contribution in [2.24, 2.45) is 0 Å². The van der Waals surface area contributed by atoms with Crippen LogP contribution in [0.4, 0.5) is 8.78 Å². The Kier molecular flexibility index (Phi) is 4.20. The highest BCUT2D eigenvalue weighted by Crippen LogP contribution is 2.22. The first-order valence-corrected chi connectivity index (χ1v) is 5.79. The molecule has 0 aliphatic rings. The smallest absolute Gasteiger partial charge is 0.387 e. The zero-order valence-corrected chi connectivity index (χ0v) is 10.3. The molecule has 0 saturated heterocycles. The molecule has 0 aromatic heterocycles. The van der Waals surface area contributed by atoms with Crippen molar-refractivity contribution in [3.8, 4) is 17.2 Å². The molecular weight excluding hydrogens is 266 g/mol. The molecule has 0 atom stereocenters. The van der Waals surface area contributed by atoms with Crippen LogP contribution in [0.5, 0.6) is 17.2 Å². The van der Waals surface area contributed by atoms with Crippen molar-refractivity contribution in [3.05, 3.63) is 53.6 Å². The molecule has 20 heavy (non-hydrogen) atoms. The lowest BCUT2D eigenvalue weighted by Crippen LogP contribution is -2.01. The summed E-state index contributed by atoms with van der Waals surface area (Å²) in [6.07, 6.45) is 3.41. The second-order valence-corrected chi connectivity index (χ2v) is 4.06. The van der Waals surface area contributed by atoms with Gasteiger partial charge in [-0.3, -0.25) is 0 Å². The molecule has 0 saturated carbocycles. The van der Waals surface area contributed by atoms with Gasteiger partial charge in [0.2, 0.25) is 0 Å². The number of aromatic hydroxyl groups is 2. The van der Waals surface area contributed by atoms with Gasteiger partial charge in [0.05, 0.1) is 0 Å². The summed E-state index contributed by atoms with van der Waals surface area (Å²) in [6, 6.07) is 10.3. The second-order valence-electron chi connectivity index (χ2n) is 4.06. The lowest BCUT2D eigenvalue weighted by molar-refractivity contribution is -0.0498. The lowest BCUT2D eigenvalue weighted by Gasteiger charge is -2.03. The van der Waals surface area contributed by atoms with E-state index < -0.39 is 6.61 Å². The summed E-state index contributed by atoms with van der Waals surface area (Å²) in [6.45, 7) is -2.84. The van der Waals surface area contributed by atoms with Gasteiger partial charge < -0.3 is 14.9 Å². The van der Waals surface area contributed by atoms with E-state index >= 15 is 0 Å². The minimum atomic E-state index is -2.84. The molecule has 0 amide bonds. The van der Waals surface area contributed by atoms with Crippen molar-refractivity contribution >= 4 is 12.2 Å². The second kappa shape index (κ2) is 6.06. The third kappa shape index (κ3) is 3.98. The molecule has 0 heterocycles. The number of ether oxygens (including phenoxy) is 1. The van der Waals surface area contributed by atoms with Gasteiger partial charge in [-0.25, -0.2) is 0 Å². The number of phenolic OH excluding ortho intramolecular Hbond substituents is 2.